The highest BCUT2D eigenvalue weighted by Crippen LogP contribution is 2.35. The fourth-order valence-electron chi connectivity index (χ4n) is 4.26. The van der Waals surface area contributed by atoms with Crippen molar-refractivity contribution in [2.24, 2.45) is 0 Å². The summed E-state index contributed by atoms with van der Waals surface area (Å²) in [5.41, 5.74) is 2.99. The molecule has 0 saturated carbocycles. The molecule has 1 fully saturated rings. The smallest absolute Gasteiger partial charge is 0.161 e. The van der Waals surface area contributed by atoms with Gasteiger partial charge in [-0.05, 0) is 67.6 Å². The molecular formula is C26H33N2O3-. The quantitative estimate of drug-likeness (QED) is 0.404. The van der Waals surface area contributed by atoms with E-state index in [4.69, 9.17) is 14.2 Å². The van der Waals surface area contributed by atoms with Crippen LogP contribution in [0.1, 0.15) is 61.8 Å². The van der Waals surface area contributed by atoms with Crippen LogP contribution >= 0.6 is 0 Å². The summed E-state index contributed by atoms with van der Waals surface area (Å²) in [6.07, 6.45) is 6.49. The van der Waals surface area contributed by atoms with Crippen molar-refractivity contribution in [2.45, 2.75) is 51.6 Å². The number of unbranched alkanes of at least 4 members (excludes halogenated alkanes) is 1. The summed E-state index contributed by atoms with van der Waals surface area (Å²) >= 11 is 0. The van der Waals surface area contributed by atoms with Crippen LogP contribution in [-0.4, -0.2) is 43.6 Å². The highest BCUT2D eigenvalue weighted by atomic mass is 16.6. The number of nitrogens with zero attached hydrogens (tertiary/aromatic N) is 2. The molecule has 4 rings (SSSR count). The van der Waals surface area contributed by atoms with Crippen molar-refractivity contribution in [3.05, 3.63) is 64.6 Å². The molecular weight excluding hydrogens is 388 g/mol. The lowest BCUT2D eigenvalue weighted by molar-refractivity contribution is 0.158. The van der Waals surface area contributed by atoms with Crippen LogP contribution in [0.4, 0.5) is 0 Å². The molecule has 2 aromatic rings. The summed E-state index contributed by atoms with van der Waals surface area (Å²) in [5, 5.41) is 10.8. The van der Waals surface area contributed by atoms with E-state index in [1.54, 1.807) is 0 Å². The number of likely N-dealkylation sites (tertiary alicyclic amines) is 1. The Morgan fingerprint density at radius 1 is 1.03 bits per heavy atom. The Bertz CT molecular complexity index is 859. The van der Waals surface area contributed by atoms with Gasteiger partial charge in [0.1, 0.15) is 19.3 Å². The number of benzene rings is 2. The lowest BCUT2D eigenvalue weighted by Gasteiger charge is -2.28. The van der Waals surface area contributed by atoms with Gasteiger partial charge in [-0.1, -0.05) is 43.7 Å². The molecule has 5 nitrogen and oxygen atoms in total. The van der Waals surface area contributed by atoms with E-state index in [9.17, 15) is 5.41 Å². The van der Waals surface area contributed by atoms with Crippen LogP contribution in [0.25, 0.3) is 5.41 Å². The van der Waals surface area contributed by atoms with Crippen LogP contribution in [0.3, 0.4) is 0 Å². The Balaban J connectivity index is 1.47. The number of fused-ring (bicyclic) bond motifs is 1. The monoisotopic (exact) mass is 421 g/mol. The molecule has 5 heteroatoms. The fourth-order valence-corrected chi connectivity index (χ4v) is 4.26. The normalized spacial score (nSPS) is 16.8. The van der Waals surface area contributed by atoms with Crippen molar-refractivity contribution in [2.75, 3.05) is 32.8 Å². The maximum Gasteiger partial charge on any atom is 0.161 e. The highest BCUT2D eigenvalue weighted by Gasteiger charge is 2.20. The molecule has 2 aliphatic heterocycles. The summed E-state index contributed by atoms with van der Waals surface area (Å²) in [5.74, 6) is 1.49. The fraction of sp³-hybridized carbons (Fsp3) is 0.500. The Kier molecular flexibility index (Phi) is 7.47. The molecule has 0 amide bonds. The molecule has 2 aromatic carbocycles. The van der Waals surface area contributed by atoms with Crippen LogP contribution in [-0.2, 0) is 11.2 Å². The van der Waals surface area contributed by atoms with Crippen LogP contribution in [0.5, 0.6) is 11.5 Å². The first-order chi connectivity index (χ1) is 15.2. The molecule has 0 radical (unpaired) electrons. The standard InChI is InChI=1S/C26H33N2O3/c1-2-3-6-20-7-9-21(10-8-20)26(27)31-23(13-16-28-14-4-5-15-28)22-11-12-24-25(19-22)30-18-17-29-24/h7-12,19,23H,2-6,13-18H2,1H3/q-1/t23-/m0/s1. The first-order valence-corrected chi connectivity index (χ1v) is 11.7. The van der Waals surface area contributed by atoms with Gasteiger partial charge in [0.2, 0.25) is 0 Å². The second-order valence-corrected chi connectivity index (χ2v) is 8.45. The molecule has 1 saturated heterocycles. The van der Waals surface area contributed by atoms with E-state index in [1.807, 2.05) is 30.3 Å². The predicted molar refractivity (Wildman–Crippen MR) is 124 cm³/mol. The van der Waals surface area contributed by atoms with Gasteiger partial charge in [-0.25, -0.2) is 0 Å². The average molecular weight is 422 g/mol. The molecule has 0 aromatic heterocycles. The third-order valence-corrected chi connectivity index (χ3v) is 6.12. The van der Waals surface area contributed by atoms with E-state index >= 15 is 0 Å². The molecule has 2 heterocycles. The van der Waals surface area contributed by atoms with E-state index in [2.05, 4.69) is 24.0 Å². The van der Waals surface area contributed by atoms with E-state index in [-0.39, 0.29) is 12.0 Å². The summed E-state index contributed by atoms with van der Waals surface area (Å²) in [7, 11) is 0. The van der Waals surface area contributed by atoms with E-state index in [1.165, 1.54) is 31.2 Å². The Labute approximate surface area is 185 Å². The molecule has 0 unspecified atom stereocenters. The maximum absolute atomic E-state index is 10.8. The van der Waals surface area contributed by atoms with Gasteiger partial charge in [0.25, 0.3) is 0 Å². The summed E-state index contributed by atoms with van der Waals surface area (Å²) in [6.45, 7) is 6.55. The van der Waals surface area contributed by atoms with Gasteiger partial charge in [-0.2, -0.15) is 0 Å². The van der Waals surface area contributed by atoms with E-state index in [0.717, 1.165) is 49.5 Å². The number of ether oxygens (including phenoxy) is 3. The minimum Gasteiger partial charge on any atom is -0.771 e. The largest absolute Gasteiger partial charge is 0.771 e. The number of hydrogen-bond acceptors (Lipinski definition) is 4. The zero-order chi connectivity index (χ0) is 21.5. The van der Waals surface area contributed by atoms with Crippen molar-refractivity contribution < 1.29 is 14.2 Å². The van der Waals surface area contributed by atoms with Gasteiger partial charge < -0.3 is 24.5 Å². The van der Waals surface area contributed by atoms with Crippen LogP contribution < -0.4 is 9.47 Å². The van der Waals surface area contributed by atoms with Crippen LogP contribution in [0.15, 0.2) is 42.5 Å². The van der Waals surface area contributed by atoms with Gasteiger partial charge in [0.05, 0.1) is 0 Å². The van der Waals surface area contributed by atoms with E-state index in [0.29, 0.717) is 18.8 Å². The molecule has 31 heavy (non-hydrogen) atoms. The second-order valence-electron chi connectivity index (χ2n) is 8.45. The number of hydrogen-bond donors (Lipinski definition) is 0. The van der Waals surface area contributed by atoms with Crippen molar-refractivity contribution in [1.29, 1.82) is 0 Å². The molecule has 2 aliphatic rings. The summed E-state index contributed by atoms with van der Waals surface area (Å²) in [6, 6.07) is 14.0. The third-order valence-electron chi connectivity index (χ3n) is 6.12. The number of rotatable bonds is 9. The highest BCUT2D eigenvalue weighted by molar-refractivity contribution is 5.96. The Hall–Kier alpha value is -2.53. The molecule has 0 aliphatic carbocycles. The molecule has 166 valence electrons. The van der Waals surface area contributed by atoms with Crippen molar-refractivity contribution in [3.8, 4) is 11.5 Å². The predicted octanol–water partition coefficient (Wildman–Crippen LogP) is 5.36. The zero-order valence-corrected chi connectivity index (χ0v) is 18.5. The molecule has 0 N–H and O–H groups in total. The van der Waals surface area contributed by atoms with Gasteiger partial charge in [-0.3, -0.25) is 0 Å². The zero-order valence-electron chi connectivity index (χ0n) is 18.5. The van der Waals surface area contributed by atoms with Crippen LogP contribution in [0, 0.1) is 0 Å². The molecule has 1 atom stereocenters. The first kappa shape index (κ1) is 21.7. The van der Waals surface area contributed by atoms with Gasteiger partial charge in [0, 0.05) is 18.9 Å². The van der Waals surface area contributed by atoms with Crippen LogP contribution in [0.2, 0.25) is 0 Å². The van der Waals surface area contributed by atoms with Crippen molar-refractivity contribution in [3.63, 3.8) is 0 Å². The topological polar surface area (TPSA) is 53.2 Å². The SMILES string of the molecule is CCCCc1ccc(C(=[N-])O[C@@H](CCN2CCCC2)c2ccc3c(c2)OCCO3)cc1. The van der Waals surface area contributed by atoms with Gasteiger partial charge in [0.15, 0.2) is 11.5 Å². The minimum absolute atomic E-state index is 0.0247. The van der Waals surface area contributed by atoms with Gasteiger partial charge >= 0.3 is 0 Å². The average Bonchev–Trinajstić information content (AvgIpc) is 3.34. The number of aryl methyl sites for hydroxylation is 1. The lowest BCUT2D eigenvalue weighted by atomic mass is 10.0. The van der Waals surface area contributed by atoms with Gasteiger partial charge in [-0.15, -0.1) is 0 Å². The maximum atomic E-state index is 10.8. The second kappa shape index (κ2) is 10.7. The first-order valence-electron chi connectivity index (χ1n) is 11.7. The summed E-state index contributed by atoms with van der Waals surface area (Å²) in [4.78, 5) is 2.47. The summed E-state index contributed by atoms with van der Waals surface area (Å²) < 4.78 is 17.6. The minimum atomic E-state index is -0.254. The third kappa shape index (κ3) is 5.79. The Morgan fingerprint density at radius 3 is 2.52 bits per heavy atom. The molecule has 0 bridgehead atoms. The van der Waals surface area contributed by atoms with E-state index < -0.39 is 0 Å². The van der Waals surface area contributed by atoms with Crippen molar-refractivity contribution >= 4 is 5.90 Å². The molecule has 0 spiro atoms. The Morgan fingerprint density at radius 2 is 1.77 bits per heavy atom. The van der Waals surface area contributed by atoms with Crippen molar-refractivity contribution in [1.82, 2.24) is 4.90 Å². The lowest BCUT2D eigenvalue weighted by Crippen LogP contribution is -2.24.